The molecule has 1 aromatic rings. The van der Waals surface area contributed by atoms with Gasteiger partial charge in [-0.25, -0.2) is 0 Å². The molecule has 5 nitrogen and oxygen atoms in total. The molecule has 2 N–H and O–H groups in total. The van der Waals surface area contributed by atoms with Gasteiger partial charge in [0.05, 0.1) is 0 Å². The van der Waals surface area contributed by atoms with E-state index in [0.29, 0.717) is 11.7 Å². The van der Waals surface area contributed by atoms with E-state index in [1.165, 1.54) is 0 Å². The Hall–Kier alpha value is -0.940. The number of nitrogens with zero attached hydrogens (tertiary/aromatic N) is 2. The van der Waals surface area contributed by atoms with Gasteiger partial charge in [0.25, 0.3) is 0 Å². The van der Waals surface area contributed by atoms with Crippen LogP contribution in [0.3, 0.4) is 0 Å². The Morgan fingerprint density at radius 2 is 2.00 bits per heavy atom. The fourth-order valence-electron chi connectivity index (χ4n) is 1.59. The molecule has 0 fully saturated rings. The number of hydrogen-bond acceptors (Lipinski definition) is 5. The first-order chi connectivity index (χ1) is 8.04. The van der Waals surface area contributed by atoms with Crippen LogP contribution in [0.2, 0.25) is 0 Å². The Morgan fingerprint density at radius 3 is 2.59 bits per heavy atom. The van der Waals surface area contributed by atoms with Crippen molar-refractivity contribution in [2.75, 3.05) is 7.11 Å². The van der Waals surface area contributed by atoms with Gasteiger partial charge in [-0.3, -0.25) is 0 Å². The van der Waals surface area contributed by atoms with E-state index in [9.17, 15) is 0 Å². The summed E-state index contributed by atoms with van der Waals surface area (Å²) in [4.78, 5) is 4.34. The summed E-state index contributed by atoms with van der Waals surface area (Å²) < 4.78 is 10.4. The summed E-state index contributed by atoms with van der Waals surface area (Å²) in [5, 5.41) is 3.92. The molecule has 5 heteroatoms. The maximum absolute atomic E-state index is 5.71. The highest BCUT2D eigenvalue weighted by atomic mass is 16.5. The fourth-order valence-corrected chi connectivity index (χ4v) is 1.59. The van der Waals surface area contributed by atoms with E-state index in [4.69, 9.17) is 15.0 Å². The summed E-state index contributed by atoms with van der Waals surface area (Å²) in [7, 11) is 1.63. The van der Waals surface area contributed by atoms with Gasteiger partial charge in [0.1, 0.15) is 6.10 Å². The summed E-state index contributed by atoms with van der Waals surface area (Å²) >= 11 is 0. The Kier molecular flexibility index (Phi) is 5.58. The maximum Gasteiger partial charge on any atom is 0.229 e. The highest BCUT2D eigenvalue weighted by molar-refractivity contribution is 4.94. The molecule has 0 saturated heterocycles. The third-order valence-electron chi connectivity index (χ3n) is 2.89. The van der Waals surface area contributed by atoms with E-state index >= 15 is 0 Å². The van der Waals surface area contributed by atoms with Crippen LogP contribution in [-0.2, 0) is 4.74 Å². The van der Waals surface area contributed by atoms with Crippen LogP contribution in [0.15, 0.2) is 4.52 Å². The van der Waals surface area contributed by atoms with E-state index in [-0.39, 0.29) is 18.1 Å². The van der Waals surface area contributed by atoms with Gasteiger partial charge in [0.2, 0.25) is 5.89 Å². The molecule has 0 saturated carbocycles. The largest absolute Gasteiger partial charge is 0.374 e. The van der Waals surface area contributed by atoms with E-state index in [0.717, 1.165) is 19.3 Å². The predicted octanol–water partition coefficient (Wildman–Crippen LogP) is 2.40. The van der Waals surface area contributed by atoms with Gasteiger partial charge in [-0.05, 0) is 26.7 Å². The Balaban J connectivity index is 2.46. The van der Waals surface area contributed by atoms with Crippen molar-refractivity contribution < 1.29 is 9.26 Å². The van der Waals surface area contributed by atoms with Gasteiger partial charge in [-0.15, -0.1) is 0 Å². The number of aromatic nitrogens is 2. The van der Waals surface area contributed by atoms with Crippen LogP contribution >= 0.6 is 0 Å². The lowest BCUT2D eigenvalue weighted by atomic mass is 10.0. The first kappa shape index (κ1) is 14.1. The monoisotopic (exact) mass is 241 g/mol. The summed E-state index contributed by atoms with van der Waals surface area (Å²) in [5.74, 6) is 1.58. The molecule has 3 unspecified atom stereocenters. The van der Waals surface area contributed by atoms with Crippen molar-refractivity contribution in [2.45, 2.75) is 58.1 Å². The first-order valence-electron chi connectivity index (χ1n) is 6.16. The second kappa shape index (κ2) is 6.71. The lowest BCUT2D eigenvalue weighted by Gasteiger charge is -2.07. The van der Waals surface area contributed by atoms with E-state index in [2.05, 4.69) is 17.1 Å². The van der Waals surface area contributed by atoms with E-state index < -0.39 is 0 Å². The molecule has 0 spiro atoms. The van der Waals surface area contributed by atoms with Gasteiger partial charge in [-0.1, -0.05) is 18.5 Å². The van der Waals surface area contributed by atoms with Gasteiger partial charge in [0.15, 0.2) is 5.82 Å². The van der Waals surface area contributed by atoms with Crippen molar-refractivity contribution >= 4 is 0 Å². The minimum atomic E-state index is -0.122. The summed E-state index contributed by atoms with van der Waals surface area (Å²) in [6, 6.07) is 0.258. The van der Waals surface area contributed by atoms with Gasteiger partial charge in [0, 0.05) is 19.1 Å². The smallest absolute Gasteiger partial charge is 0.229 e. The summed E-state index contributed by atoms with van der Waals surface area (Å²) in [5.41, 5.74) is 5.71. The molecule has 0 radical (unpaired) electrons. The SMILES string of the molecule is COC(C)c1noc(C(C)CCCC(C)N)n1. The van der Waals surface area contributed by atoms with Crippen molar-refractivity contribution in [2.24, 2.45) is 5.73 Å². The number of hydrogen-bond donors (Lipinski definition) is 1. The van der Waals surface area contributed by atoms with Crippen molar-refractivity contribution in [1.82, 2.24) is 10.1 Å². The van der Waals surface area contributed by atoms with Crippen LogP contribution in [0, 0.1) is 0 Å². The minimum Gasteiger partial charge on any atom is -0.374 e. The van der Waals surface area contributed by atoms with Gasteiger partial charge >= 0.3 is 0 Å². The second-order valence-electron chi connectivity index (χ2n) is 4.68. The molecule has 17 heavy (non-hydrogen) atoms. The van der Waals surface area contributed by atoms with Crippen LogP contribution in [0.25, 0.3) is 0 Å². The average molecular weight is 241 g/mol. The molecule has 3 atom stereocenters. The molecule has 0 aliphatic heterocycles. The highest BCUT2D eigenvalue weighted by Gasteiger charge is 2.17. The molecule has 0 aromatic carbocycles. The second-order valence-corrected chi connectivity index (χ2v) is 4.68. The van der Waals surface area contributed by atoms with Gasteiger partial charge in [-0.2, -0.15) is 4.98 Å². The number of nitrogens with two attached hydrogens (primary N) is 1. The Morgan fingerprint density at radius 1 is 1.29 bits per heavy atom. The van der Waals surface area contributed by atoms with Crippen LogP contribution in [0.4, 0.5) is 0 Å². The normalized spacial score (nSPS) is 16.8. The molecule has 0 aliphatic rings. The van der Waals surface area contributed by atoms with Crippen molar-refractivity contribution in [3.05, 3.63) is 11.7 Å². The molecule has 0 bridgehead atoms. The molecule has 1 rings (SSSR count). The molecular formula is C12H23N3O2. The van der Waals surface area contributed by atoms with Crippen molar-refractivity contribution in [3.8, 4) is 0 Å². The molecule has 98 valence electrons. The topological polar surface area (TPSA) is 74.2 Å². The lowest BCUT2D eigenvalue weighted by Crippen LogP contribution is -2.14. The van der Waals surface area contributed by atoms with E-state index in [1.807, 2.05) is 13.8 Å². The predicted molar refractivity (Wildman–Crippen MR) is 65.6 cm³/mol. The molecule has 1 heterocycles. The summed E-state index contributed by atoms with van der Waals surface area (Å²) in [6.07, 6.45) is 3.00. The van der Waals surface area contributed by atoms with Crippen LogP contribution < -0.4 is 5.73 Å². The molecule has 0 amide bonds. The van der Waals surface area contributed by atoms with Crippen LogP contribution in [-0.4, -0.2) is 23.3 Å². The zero-order chi connectivity index (χ0) is 12.8. The molecule has 1 aromatic heterocycles. The van der Waals surface area contributed by atoms with Crippen LogP contribution in [0.1, 0.15) is 63.8 Å². The summed E-state index contributed by atoms with van der Waals surface area (Å²) in [6.45, 7) is 6.01. The maximum atomic E-state index is 5.71. The quantitative estimate of drug-likeness (QED) is 0.793. The fraction of sp³-hybridized carbons (Fsp3) is 0.833. The zero-order valence-corrected chi connectivity index (χ0v) is 11.1. The first-order valence-corrected chi connectivity index (χ1v) is 6.16. The lowest BCUT2D eigenvalue weighted by molar-refractivity contribution is 0.109. The number of methoxy groups -OCH3 is 1. The minimum absolute atomic E-state index is 0.122. The third kappa shape index (κ3) is 4.44. The Bertz CT molecular complexity index is 325. The Labute approximate surface area is 103 Å². The van der Waals surface area contributed by atoms with Crippen molar-refractivity contribution in [3.63, 3.8) is 0 Å². The number of ether oxygens (including phenoxy) is 1. The van der Waals surface area contributed by atoms with Gasteiger partial charge < -0.3 is 15.0 Å². The average Bonchev–Trinajstić information content (AvgIpc) is 2.76. The molecular weight excluding hydrogens is 218 g/mol. The van der Waals surface area contributed by atoms with E-state index in [1.54, 1.807) is 7.11 Å². The molecule has 0 aliphatic carbocycles. The standard InChI is InChI=1S/C12H23N3O2/c1-8(6-5-7-9(2)13)12-14-11(15-17-12)10(3)16-4/h8-10H,5-7,13H2,1-4H3. The van der Waals surface area contributed by atoms with Crippen molar-refractivity contribution in [1.29, 1.82) is 0 Å². The number of rotatable bonds is 7. The van der Waals surface area contributed by atoms with Crippen LogP contribution in [0.5, 0.6) is 0 Å². The zero-order valence-electron chi connectivity index (χ0n) is 11.1. The third-order valence-corrected chi connectivity index (χ3v) is 2.89. The highest BCUT2D eigenvalue weighted by Crippen LogP contribution is 2.22.